The van der Waals surface area contributed by atoms with E-state index in [1.54, 1.807) is 29.7 Å². The average Bonchev–Trinajstić information content (AvgIpc) is 3.43. The van der Waals surface area contributed by atoms with E-state index in [4.69, 9.17) is 9.47 Å². The maximum Gasteiger partial charge on any atom is 0.358 e. The predicted octanol–water partition coefficient (Wildman–Crippen LogP) is 4.97. The molecule has 1 saturated heterocycles. The van der Waals surface area contributed by atoms with Crippen LogP contribution in [0.5, 0.6) is 5.75 Å². The minimum Gasteiger partial charge on any atom is -0.497 e. The van der Waals surface area contributed by atoms with Crippen molar-refractivity contribution in [2.24, 2.45) is 0 Å². The second-order valence-corrected chi connectivity index (χ2v) is 9.20. The first-order valence-corrected chi connectivity index (χ1v) is 12.9. The molecule has 2 heterocycles. The molecule has 0 saturated carbocycles. The zero-order chi connectivity index (χ0) is 28.2. The lowest BCUT2D eigenvalue weighted by Gasteiger charge is -2.36. The Morgan fingerprint density at radius 1 is 0.875 bits per heavy atom. The highest BCUT2D eigenvalue weighted by atomic mass is 19.1. The van der Waals surface area contributed by atoms with Crippen LogP contribution < -0.4 is 9.64 Å². The number of halogens is 2. The molecule has 0 N–H and O–H groups in total. The van der Waals surface area contributed by atoms with Gasteiger partial charge in [0, 0.05) is 43.5 Å². The lowest BCUT2D eigenvalue weighted by atomic mass is 10.1. The van der Waals surface area contributed by atoms with Crippen LogP contribution >= 0.6 is 0 Å². The topological polar surface area (TPSA) is 76.9 Å². The molecule has 0 radical (unpaired) electrons. The average molecular weight is 547 g/mol. The van der Waals surface area contributed by atoms with Gasteiger partial charge in [0.15, 0.2) is 5.69 Å². The van der Waals surface area contributed by atoms with Gasteiger partial charge in [0.1, 0.15) is 17.4 Å². The SMILES string of the molecule is CCOC(=O)c1cc(-c2ccc(N3CCN(C(=O)c4ccc(F)cc4F)CC3)cc2)n(-c2ccc(OC)cc2)n1. The van der Waals surface area contributed by atoms with Crippen molar-refractivity contribution in [2.75, 3.05) is 44.8 Å². The fraction of sp³-hybridized carbons (Fsp3) is 0.233. The number of rotatable bonds is 7. The number of aromatic nitrogens is 2. The summed E-state index contributed by atoms with van der Waals surface area (Å²) in [5, 5.41) is 4.51. The highest BCUT2D eigenvalue weighted by Crippen LogP contribution is 2.28. The van der Waals surface area contributed by atoms with Crippen molar-refractivity contribution in [1.82, 2.24) is 14.7 Å². The standard InChI is InChI=1S/C30H28F2N4O4/c1-3-40-30(38)27-19-28(36(33-27)23-9-11-24(39-2)12-10-23)20-4-7-22(8-5-20)34-14-16-35(17-15-34)29(37)25-13-6-21(31)18-26(25)32/h4-13,18-19H,3,14-17H2,1-2H3. The van der Waals surface area contributed by atoms with E-state index in [1.165, 1.54) is 6.07 Å². The molecule has 1 amide bonds. The van der Waals surface area contributed by atoms with Gasteiger partial charge in [0.2, 0.25) is 0 Å². The predicted molar refractivity (Wildman–Crippen MR) is 146 cm³/mol. The van der Waals surface area contributed by atoms with Gasteiger partial charge in [0.25, 0.3) is 5.91 Å². The lowest BCUT2D eigenvalue weighted by Crippen LogP contribution is -2.49. The Bertz CT molecular complexity index is 1510. The molecule has 0 atom stereocenters. The molecule has 0 unspecified atom stereocenters. The maximum absolute atomic E-state index is 14.1. The third kappa shape index (κ3) is 5.51. The first-order valence-electron chi connectivity index (χ1n) is 12.9. The summed E-state index contributed by atoms with van der Waals surface area (Å²) in [6.07, 6.45) is 0. The minimum atomic E-state index is -0.858. The number of nitrogens with zero attached hydrogens (tertiary/aromatic N) is 4. The van der Waals surface area contributed by atoms with E-state index in [-0.39, 0.29) is 17.9 Å². The fourth-order valence-electron chi connectivity index (χ4n) is 4.66. The number of methoxy groups -OCH3 is 1. The molecule has 0 aliphatic carbocycles. The van der Waals surface area contributed by atoms with E-state index in [9.17, 15) is 18.4 Å². The van der Waals surface area contributed by atoms with Gasteiger partial charge in [-0.1, -0.05) is 12.1 Å². The van der Waals surface area contributed by atoms with Crippen molar-refractivity contribution in [3.8, 4) is 22.7 Å². The van der Waals surface area contributed by atoms with Crippen LogP contribution in [0.4, 0.5) is 14.5 Å². The minimum absolute atomic E-state index is 0.130. The van der Waals surface area contributed by atoms with Gasteiger partial charge in [-0.05, 0) is 61.5 Å². The van der Waals surface area contributed by atoms with Crippen LogP contribution in [0.25, 0.3) is 16.9 Å². The molecule has 4 aromatic rings. The highest BCUT2D eigenvalue weighted by Gasteiger charge is 2.25. The maximum atomic E-state index is 14.1. The number of hydrogen-bond acceptors (Lipinski definition) is 6. The molecule has 10 heteroatoms. The van der Waals surface area contributed by atoms with Crippen LogP contribution in [-0.2, 0) is 4.74 Å². The Morgan fingerprint density at radius 3 is 2.17 bits per heavy atom. The summed E-state index contributed by atoms with van der Waals surface area (Å²) in [6.45, 7) is 3.93. The quantitative estimate of drug-likeness (QED) is 0.305. The fourth-order valence-corrected chi connectivity index (χ4v) is 4.66. The third-order valence-electron chi connectivity index (χ3n) is 6.77. The van der Waals surface area contributed by atoms with Crippen molar-refractivity contribution in [3.05, 3.63) is 95.7 Å². The van der Waals surface area contributed by atoms with Gasteiger partial charge in [-0.15, -0.1) is 0 Å². The van der Waals surface area contributed by atoms with E-state index in [0.717, 1.165) is 34.8 Å². The molecule has 1 aromatic heterocycles. The monoisotopic (exact) mass is 546 g/mol. The first-order chi connectivity index (χ1) is 19.4. The van der Waals surface area contributed by atoms with Crippen molar-refractivity contribution in [3.63, 3.8) is 0 Å². The largest absolute Gasteiger partial charge is 0.497 e. The number of anilines is 1. The molecule has 3 aromatic carbocycles. The van der Waals surface area contributed by atoms with Crippen LogP contribution in [0.3, 0.4) is 0 Å². The first kappa shape index (κ1) is 26.9. The van der Waals surface area contributed by atoms with Gasteiger partial charge in [-0.25, -0.2) is 18.3 Å². The zero-order valence-corrected chi connectivity index (χ0v) is 22.1. The molecule has 8 nitrogen and oxygen atoms in total. The van der Waals surface area contributed by atoms with E-state index in [2.05, 4.69) is 10.00 Å². The molecule has 5 rings (SSSR count). The van der Waals surface area contributed by atoms with Crippen LogP contribution in [0.15, 0.2) is 72.8 Å². The number of benzene rings is 3. The highest BCUT2D eigenvalue weighted by molar-refractivity contribution is 5.94. The second kappa shape index (κ2) is 11.6. The van der Waals surface area contributed by atoms with Crippen LogP contribution in [0.1, 0.15) is 27.8 Å². The van der Waals surface area contributed by atoms with Gasteiger partial charge in [0.05, 0.1) is 30.7 Å². The Balaban J connectivity index is 1.33. The molecule has 1 aliphatic heterocycles. The summed E-state index contributed by atoms with van der Waals surface area (Å²) < 4.78 is 39.4. The summed E-state index contributed by atoms with van der Waals surface area (Å²) in [4.78, 5) is 28.9. The number of piperazine rings is 1. The smallest absolute Gasteiger partial charge is 0.358 e. The van der Waals surface area contributed by atoms with Crippen molar-refractivity contribution >= 4 is 17.6 Å². The molecule has 1 fully saturated rings. The Labute approximate surface area is 230 Å². The van der Waals surface area contributed by atoms with Crippen LogP contribution in [0, 0.1) is 11.6 Å². The number of ether oxygens (including phenoxy) is 2. The molecule has 0 bridgehead atoms. The molecular weight excluding hydrogens is 518 g/mol. The summed E-state index contributed by atoms with van der Waals surface area (Å²) >= 11 is 0. The number of esters is 1. The number of amides is 1. The van der Waals surface area contributed by atoms with Gasteiger partial charge in [-0.3, -0.25) is 4.79 Å². The summed E-state index contributed by atoms with van der Waals surface area (Å²) in [5.74, 6) is -1.82. The number of carbonyl (C=O) groups is 2. The number of hydrogen-bond donors (Lipinski definition) is 0. The van der Waals surface area contributed by atoms with Crippen molar-refractivity contribution in [1.29, 1.82) is 0 Å². The van der Waals surface area contributed by atoms with Crippen LogP contribution in [0.2, 0.25) is 0 Å². The Hall–Kier alpha value is -4.73. The van der Waals surface area contributed by atoms with Gasteiger partial charge in [-0.2, -0.15) is 5.10 Å². The van der Waals surface area contributed by atoms with E-state index in [1.807, 2.05) is 48.5 Å². The van der Waals surface area contributed by atoms with Crippen LogP contribution in [-0.4, -0.2) is 66.5 Å². The molecule has 0 spiro atoms. The summed E-state index contributed by atoms with van der Waals surface area (Å²) in [6, 6.07) is 19.9. The van der Waals surface area contributed by atoms with Gasteiger partial charge < -0.3 is 19.3 Å². The summed E-state index contributed by atoms with van der Waals surface area (Å²) in [7, 11) is 1.60. The second-order valence-electron chi connectivity index (χ2n) is 9.20. The number of carbonyl (C=O) groups excluding carboxylic acids is 2. The van der Waals surface area contributed by atoms with E-state index < -0.39 is 23.5 Å². The Morgan fingerprint density at radius 2 is 1.55 bits per heavy atom. The molecule has 1 aliphatic rings. The third-order valence-corrected chi connectivity index (χ3v) is 6.77. The van der Waals surface area contributed by atoms with Crippen molar-refractivity contribution in [2.45, 2.75) is 6.92 Å². The Kier molecular flexibility index (Phi) is 7.77. The van der Waals surface area contributed by atoms with E-state index in [0.29, 0.717) is 31.9 Å². The zero-order valence-electron chi connectivity index (χ0n) is 22.1. The molecular formula is C30H28F2N4O4. The lowest BCUT2D eigenvalue weighted by molar-refractivity contribution is 0.0518. The van der Waals surface area contributed by atoms with Crippen molar-refractivity contribution < 1.29 is 27.8 Å². The molecule has 206 valence electrons. The summed E-state index contributed by atoms with van der Waals surface area (Å²) in [5.41, 5.74) is 3.36. The normalized spacial score (nSPS) is 13.3. The van der Waals surface area contributed by atoms with Gasteiger partial charge >= 0.3 is 5.97 Å². The molecule has 40 heavy (non-hydrogen) atoms. The van der Waals surface area contributed by atoms with E-state index >= 15 is 0 Å².